The SMILES string of the molecule is CC[C@H]1O[C@@H](n2cnc3c(=O)[nH]c(N)nc32)CC1OP([O-])(=S)OC[C@H]1O[C@@H](n2cc(C)c(N)nc2=O)CC1OP(=O)([S-])OC[C@H]1O[C@@H](n2cc(C)c(=O)[nH]c2=O)CC1OP([O-])(=S)OC[C@H]1O[C@@H](n2cc(C)c(N)nc2=O)CC1OP([O-])(=S)OC[C@H]1O[C@@H](n2cc(C)c(=O)[nH]c2=O)CC1OP([O-])(=S)OC[C@H]1O[C@@H](n2cc(C)c(=O)[nH]c2=O)CC1OP([O-])(=S)OC[C@H]1O[C@@H](n2cnc3c(N)ncnc32)CC1OP([O-])(=S)OC. The molecule has 9 aromatic heterocycles. The Morgan fingerprint density at radius 1 is 0.366 bits per heavy atom. The van der Waals surface area contributed by atoms with Crippen molar-refractivity contribution < 1.29 is 130 Å². The van der Waals surface area contributed by atoms with Gasteiger partial charge in [0.05, 0.1) is 101 Å². The highest BCUT2D eigenvalue weighted by molar-refractivity contribution is 8.32. The van der Waals surface area contributed by atoms with Gasteiger partial charge in [-0.05, 0) is 41.0 Å². The lowest BCUT2D eigenvalue weighted by Crippen LogP contribution is -2.35. The van der Waals surface area contributed by atoms with Crippen LogP contribution in [0.4, 0.5) is 23.4 Å². The summed E-state index contributed by atoms with van der Waals surface area (Å²) in [5, 5.41) is 0. The summed E-state index contributed by atoms with van der Waals surface area (Å²) >= 11 is 37.9. The molecule has 59 nitrogen and oxygen atoms in total. The zero-order chi connectivity index (χ0) is 105. The number of aromatic amines is 4. The molecule has 0 spiro atoms. The van der Waals surface area contributed by atoms with E-state index in [-0.39, 0.29) is 87.2 Å². The molecule has 794 valence electrons. The van der Waals surface area contributed by atoms with Gasteiger partial charge in [-0.1, -0.05) is 77.8 Å². The third-order valence-electron chi connectivity index (χ3n) is 23.9. The van der Waals surface area contributed by atoms with Crippen LogP contribution in [0, 0.1) is 34.6 Å². The fraction of sp³-hybridized carbons (Fsp3) is 0.583. The number of hydrogen-bond donors (Lipinski definition) is 8. The number of imidazole rings is 2. The molecule has 73 heteroatoms. The molecule has 0 bridgehead atoms. The van der Waals surface area contributed by atoms with Gasteiger partial charge in [-0.3, -0.25) is 75.6 Å². The number of aromatic nitrogens is 18. The van der Waals surface area contributed by atoms with E-state index >= 15 is 0 Å². The summed E-state index contributed by atoms with van der Waals surface area (Å²) in [5.41, 5.74) is 17.1. The van der Waals surface area contributed by atoms with E-state index in [0.717, 1.165) is 48.5 Å². The quantitative estimate of drug-likeness (QED) is 0.0140. The van der Waals surface area contributed by atoms with E-state index in [0.29, 0.717) is 12.0 Å². The molecule has 16 rings (SSSR count). The highest BCUT2D eigenvalue weighted by atomic mass is 32.7. The van der Waals surface area contributed by atoms with Crippen LogP contribution in [0.15, 0.2) is 93.1 Å². The number of nitrogen functional groups attached to an aromatic ring is 4. The van der Waals surface area contributed by atoms with Crippen LogP contribution in [0.3, 0.4) is 0 Å². The molecule has 0 radical (unpaired) electrons. The van der Waals surface area contributed by atoms with Crippen LogP contribution in [0.2, 0.25) is 0 Å². The van der Waals surface area contributed by atoms with Gasteiger partial charge in [-0.15, -0.1) is 0 Å². The van der Waals surface area contributed by atoms with Crippen LogP contribution in [0.1, 0.15) is 130 Å². The van der Waals surface area contributed by atoms with Crippen molar-refractivity contribution in [2.45, 2.75) is 222 Å². The predicted octanol–water partition coefficient (Wildman–Crippen LogP) is -2.98. The molecule has 7 fully saturated rings. The molecule has 7 aliphatic heterocycles. The van der Waals surface area contributed by atoms with E-state index < -0.39 is 292 Å². The zero-order valence-electron chi connectivity index (χ0n) is 76.3. The minimum absolute atomic E-state index is 0.00525. The van der Waals surface area contributed by atoms with Gasteiger partial charge in [0.25, 0.3) is 22.2 Å². The largest absolute Gasteiger partial charge is 0.780 e. The summed E-state index contributed by atoms with van der Waals surface area (Å²) < 4.78 is 148. The van der Waals surface area contributed by atoms with E-state index in [4.69, 9.17) is 203 Å². The minimum Gasteiger partial charge on any atom is -0.780 e. The van der Waals surface area contributed by atoms with Crippen molar-refractivity contribution in [3.63, 3.8) is 0 Å². The molecule has 145 heavy (non-hydrogen) atoms. The molecule has 0 saturated carbocycles. The number of nitrogens with one attached hydrogen (secondary N) is 4. The summed E-state index contributed by atoms with van der Waals surface area (Å²) in [4.78, 5) is 242. The smallest absolute Gasteiger partial charge is 0.351 e. The molecule has 16 heterocycles. The summed E-state index contributed by atoms with van der Waals surface area (Å²) in [7, 11) is 1.05. The molecule has 7 saturated heterocycles. The van der Waals surface area contributed by atoms with E-state index in [1.165, 1.54) is 68.2 Å². The lowest BCUT2D eigenvalue weighted by molar-refractivity contribution is -0.221. The van der Waals surface area contributed by atoms with E-state index in [2.05, 4.69) is 54.8 Å². The van der Waals surface area contributed by atoms with Gasteiger partial charge in [0.15, 0.2) is 29.4 Å². The Bertz CT molecular complexity index is 7390. The Morgan fingerprint density at radius 2 is 0.655 bits per heavy atom. The monoisotopic (exact) mass is 2300 g/mol. The van der Waals surface area contributed by atoms with Gasteiger partial charge in [-0.2, -0.15) is 15.0 Å². The Balaban J connectivity index is 0.600. The second-order valence-corrected chi connectivity index (χ2v) is 52.9. The molecule has 9 aromatic rings. The summed E-state index contributed by atoms with van der Waals surface area (Å²) in [6.45, 7) is -30.1. The highest BCUT2D eigenvalue weighted by Gasteiger charge is 2.49. The first-order valence-corrected chi connectivity index (χ1v) is 61.3. The Labute approximate surface area is 850 Å². The second kappa shape index (κ2) is 44.5. The topological polar surface area (TPSA) is 795 Å². The van der Waals surface area contributed by atoms with Gasteiger partial charge in [0.1, 0.15) is 144 Å². The molecule has 0 amide bonds. The maximum absolute atomic E-state index is 14.9. The lowest BCUT2D eigenvalue weighted by Gasteiger charge is -2.36. The van der Waals surface area contributed by atoms with Crippen LogP contribution in [-0.2, 0) is 184 Å². The van der Waals surface area contributed by atoms with E-state index in [1.54, 1.807) is 13.8 Å². The second-order valence-electron chi connectivity index (χ2n) is 33.8. The number of ether oxygens (including phenoxy) is 7. The van der Waals surface area contributed by atoms with Gasteiger partial charge in [0.2, 0.25) is 5.95 Å². The first-order chi connectivity index (χ1) is 68.2. The van der Waals surface area contributed by atoms with Crippen LogP contribution in [0.5, 0.6) is 0 Å². The number of anilines is 4. The molecule has 7 aliphatic rings. The first-order valence-electron chi connectivity index (χ1n) is 43.4. The van der Waals surface area contributed by atoms with Gasteiger partial charge >= 0.3 is 28.4 Å². The van der Waals surface area contributed by atoms with Crippen molar-refractivity contribution in [1.29, 1.82) is 0 Å². The molecular formula is C72H90N22O37P7S7-7. The molecule has 12 N–H and O–H groups in total. The minimum atomic E-state index is -5.08. The van der Waals surface area contributed by atoms with Crippen LogP contribution in [-0.4, -0.2) is 219 Å². The maximum Gasteiger partial charge on any atom is 0.351 e. The third-order valence-corrected chi connectivity index (χ3v) is 35.0. The zero-order valence-corrected chi connectivity index (χ0v) is 88.3. The van der Waals surface area contributed by atoms with E-state index in [1.807, 2.05) is 0 Å². The number of rotatable bonds is 41. The summed E-state index contributed by atoms with van der Waals surface area (Å²) in [5.74, 6) is -0.454. The number of aryl methyl sites for hydroxylation is 5. The van der Waals surface area contributed by atoms with Gasteiger partial charge in [0, 0.05) is 111 Å². The number of H-pyrrole nitrogens is 4. The van der Waals surface area contributed by atoms with Crippen LogP contribution < -0.4 is 103 Å². The van der Waals surface area contributed by atoms with Crippen LogP contribution in [0.25, 0.3) is 22.3 Å². The Kier molecular flexibility index (Phi) is 34.1. The van der Waals surface area contributed by atoms with Crippen molar-refractivity contribution in [3.05, 3.63) is 172 Å². The fourth-order valence-corrected chi connectivity index (χ4v) is 26.4. The normalized spacial score (nSPS) is 29.5. The van der Waals surface area contributed by atoms with Gasteiger partial charge in [-0.25, -0.2) is 43.9 Å². The van der Waals surface area contributed by atoms with Crippen molar-refractivity contribution in [3.8, 4) is 0 Å². The molecule has 0 aromatic carbocycles. The van der Waals surface area contributed by atoms with Crippen LogP contribution >= 0.6 is 47.1 Å². The van der Waals surface area contributed by atoms with Gasteiger partial charge < -0.3 is 161 Å². The molecule has 14 unspecified atom stereocenters. The average molecular weight is 2300 g/mol. The third kappa shape index (κ3) is 26.3. The Hall–Kier alpha value is -6.70. The first kappa shape index (κ1) is 111. The average Bonchev–Trinajstić information content (AvgIpc) is 1.62. The van der Waals surface area contributed by atoms with Crippen molar-refractivity contribution in [2.75, 3.05) is 69.7 Å². The number of nitrogens with two attached hydrogens (primary N) is 4. The Morgan fingerprint density at radius 3 is 1.00 bits per heavy atom. The highest BCUT2D eigenvalue weighted by Crippen LogP contribution is 2.57. The fourth-order valence-electron chi connectivity index (χ4n) is 16.7. The maximum atomic E-state index is 14.9. The molecule has 28 atom stereocenters. The number of nitrogens with zero attached hydrogens (tertiary/aromatic N) is 14. The lowest BCUT2D eigenvalue weighted by atomic mass is 10.1. The molecule has 0 aliphatic carbocycles. The van der Waals surface area contributed by atoms with Crippen molar-refractivity contribution in [2.24, 2.45) is 0 Å². The standard InChI is InChI=1S/C72H97N22O37P7S7/c1-8-35-36(9-55(118-35)94-29-80-57-62(94)83-67(76)84-66(57)98)126-133(105,140)112-22-44-38(10-49(119-44)88-16-30(2)58(73)81-68(88)99)127-135(107,142)115-24-47-41(13-52(122-47)91-19-33(5)64(96)86-71(91)102)130-137(109,144)114-23-45-39(11-50(120-45)89-17-31(3)59(74)82-69(89)100)128-136(108,143)116-25-48-42(14-53(123-48)92-20-34(6)65(97)87-72(92)103)131-138(110,145)117-26-46-40(12-51(121-46)90-18-32(4)63(95)85-70(90)101)129-134(106,141)113-21-43-37(125-132(104,139)111-7)15-54(124-43)93-28-79-56-60(75)77-27-78-61(56)93/h16-20,27-29,35-55H,8-15,21-26H2,1-7H3,(H,104,139)(H,105,140)(H,106,141)(H,107,142)(H,108,143)(H,109,144)(H,110,145)(H2,73,81,99)(H2,74,82,100)(H2,75,77,78)(H,85,95,101)(H,86,96,102)(H,87,97,103)(H3,76,83,84,98)/p-7/t35-,36?,37?,38?,39?,40?,41?,42?,43-,44-,45-,46-,47-,48-,49-,50-,51-,52-,53-,54-,55-,132?,133?,134?,135?,136?,137?,138?/m1/s1. The predicted molar refractivity (Wildman–Crippen MR) is 513 cm³/mol. The van der Waals surface area contributed by atoms with E-state index in [9.17, 15) is 77.1 Å². The number of fused-ring (bicyclic) bond motifs is 2. The number of hydrogen-bond acceptors (Lipinski definition) is 55. The summed E-state index contributed by atoms with van der Waals surface area (Å²) in [6.07, 6.45) is -21.4. The van der Waals surface area contributed by atoms with Crippen molar-refractivity contribution in [1.82, 2.24) is 86.8 Å². The van der Waals surface area contributed by atoms with Crippen molar-refractivity contribution >= 4 is 176 Å². The summed E-state index contributed by atoms with van der Waals surface area (Å²) in [6, 6.07) is 0. The molecular weight excluding hydrogens is 2210 g/mol.